The van der Waals surface area contributed by atoms with Gasteiger partial charge in [-0.15, -0.1) is 5.10 Å². The number of aryl methyl sites for hydroxylation is 1. The summed E-state index contributed by atoms with van der Waals surface area (Å²) >= 11 is 0. The van der Waals surface area contributed by atoms with Gasteiger partial charge < -0.3 is 11.1 Å². The number of nitrogens with zero attached hydrogens (tertiary/aromatic N) is 3. The highest BCUT2D eigenvalue weighted by molar-refractivity contribution is 5.91. The zero-order chi connectivity index (χ0) is 14.4. The first-order chi connectivity index (χ1) is 9.69. The van der Waals surface area contributed by atoms with Gasteiger partial charge >= 0.3 is 0 Å². The summed E-state index contributed by atoms with van der Waals surface area (Å²) in [4.78, 5) is 11.9. The maximum Gasteiger partial charge on any atom is 0.246 e. The minimum absolute atomic E-state index is 0.123. The standard InChI is InChI=1S/C14H15N5O/c1-11-4-5-12(3-2-6-15)9-13(11)17-14(20)10-19-8-7-16-18-19/h4-5,7-9H,6,10,15H2,1H3,(H,17,20). The smallest absolute Gasteiger partial charge is 0.246 e. The molecule has 1 aromatic carbocycles. The van der Waals surface area contributed by atoms with Gasteiger partial charge in [-0.3, -0.25) is 4.79 Å². The van der Waals surface area contributed by atoms with Gasteiger partial charge in [0.2, 0.25) is 5.91 Å². The van der Waals surface area contributed by atoms with Gasteiger partial charge in [0.15, 0.2) is 0 Å². The van der Waals surface area contributed by atoms with Crippen molar-refractivity contribution in [1.82, 2.24) is 15.0 Å². The Morgan fingerprint density at radius 2 is 2.35 bits per heavy atom. The van der Waals surface area contributed by atoms with Crippen LogP contribution in [0.5, 0.6) is 0 Å². The largest absolute Gasteiger partial charge is 0.324 e. The van der Waals surface area contributed by atoms with Gasteiger partial charge in [-0.05, 0) is 24.6 Å². The Balaban J connectivity index is 2.09. The lowest BCUT2D eigenvalue weighted by Gasteiger charge is -2.08. The molecule has 0 spiro atoms. The average Bonchev–Trinajstić information content (AvgIpc) is 2.92. The summed E-state index contributed by atoms with van der Waals surface area (Å²) in [5, 5.41) is 10.2. The molecular formula is C14H15N5O. The molecule has 0 bridgehead atoms. The summed E-state index contributed by atoms with van der Waals surface area (Å²) in [5.74, 6) is 5.56. The third kappa shape index (κ3) is 3.67. The second-order valence-electron chi connectivity index (χ2n) is 4.18. The van der Waals surface area contributed by atoms with Crippen LogP contribution in [0, 0.1) is 18.8 Å². The van der Waals surface area contributed by atoms with Crippen LogP contribution < -0.4 is 11.1 Å². The zero-order valence-electron chi connectivity index (χ0n) is 11.1. The van der Waals surface area contributed by atoms with Crippen molar-refractivity contribution in [3.05, 3.63) is 41.7 Å². The van der Waals surface area contributed by atoms with Gasteiger partial charge in [0.1, 0.15) is 6.54 Å². The van der Waals surface area contributed by atoms with Gasteiger partial charge in [0.25, 0.3) is 0 Å². The normalized spacial score (nSPS) is 9.70. The molecule has 0 aliphatic carbocycles. The summed E-state index contributed by atoms with van der Waals surface area (Å²) in [5.41, 5.74) is 7.86. The van der Waals surface area contributed by atoms with E-state index in [0.717, 1.165) is 16.8 Å². The monoisotopic (exact) mass is 269 g/mol. The van der Waals surface area contributed by atoms with Crippen molar-refractivity contribution in [3.63, 3.8) is 0 Å². The molecule has 1 amide bonds. The number of carbonyl (C=O) groups is 1. The van der Waals surface area contributed by atoms with E-state index in [2.05, 4.69) is 27.5 Å². The maximum atomic E-state index is 11.9. The van der Waals surface area contributed by atoms with E-state index in [9.17, 15) is 4.79 Å². The number of rotatable bonds is 3. The summed E-state index contributed by atoms with van der Waals surface area (Å²) in [6, 6.07) is 5.63. The van der Waals surface area contributed by atoms with Crippen molar-refractivity contribution < 1.29 is 4.79 Å². The van der Waals surface area contributed by atoms with Crippen molar-refractivity contribution >= 4 is 11.6 Å². The highest BCUT2D eigenvalue weighted by Gasteiger charge is 2.06. The predicted molar refractivity (Wildman–Crippen MR) is 75.8 cm³/mol. The lowest BCUT2D eigenvalue weighted by molar-refractivity contribution is -0.116. The Hall–Kier alpha value is -2.65. The molecule has 0 saturated heterocycles. The lowest BCUT2D eigenvalue weighted by Crippen LogP contribution is -2.19. The zero-order valence-corrected chi connectivity index (χ0v) is 11.1. The third-order valence-corrected chi connectivity index (χ3v) is 2.62. The van der Waals surface area contributed by atoms with E-state index in [4.69, 9.17) is 5.73 Å². The van der Waals surface area contributed by atoms with Crippen LogP contribution in [0.2, 0.25) is 0 Å². The van der Waals surface area contributed by atoms with Crippen molar-refractivity contribution in [2.45, 2.75) is 13.5 Å². The van der Waals surface area contributed by atoms with Crippen molar-refractivity contribution in [2.75, 3.05) is 11.9 Å². The number of nitrogens with one attached hydrogen (secondary N) is 1. The molecule has 2 aromatic rings. The molecule has 0 aliphatic heterocycles. The third-order valence-electron chi connectivity index (χ3n) is 2.62. The number of hydrogen-bond donors (Lipinski definition) is 2. The first-order valence-electron chi connectivity index (χ1n) is 6.12. The van der Waals surface area contributed by atoms with Crippen LogP contribution in [0.1, 0.15) is 11.1 Å². The van der Waals surface area contributed by atoms with E-state index >= 15 is 0 Å². The fraction of sp³-hybridized carbons (Fsp3) is 0.214. The van der Waals surface area contributed by atoms with Crippen LogP contribution in [-0.2, 0) is 11.3 Å². The van der Waals surface area contributed by atoms with Crippen LogP contribution in [0.4, 0.5) is 5.69 Å². The van der Waals surface area contributed by atoms with Crippen molar-refractivity contribution in [3.8, 4) is 11.8 Å². The molecule has 3 N–H and O–H groups in total. The Morgan fingerprint density at radius 3 is 3.05 bits per heavy atom. The van der Waals surface area contributed by atoms with E-state index < -0.39 is 0 Å². The molecule has 0 unspecified atom stereocenters. The molecule has 102 valence electrons. The van der Waals surface area contributed by atoms with Crippen LogP contribution in [0.25, 0.3) is 0 Å². The highest BCUT2D eigenvalue weighted by atomic mass is 16.2. The van der Waals surface area contributed by atoms with E-state index in [1.807, 2.05) is 25.1 Å². The average molecular weight is 269 g/mol. The van der Waals surface area contributed by atoms with Gasteiger partial charge in [0, 0.05) is 17.4 Å². The lowest BCUT2D eigenvalue weighted by atomic mass is 10.1. The first kappa shape index (κ1) is 13.8. The van der Waals surface area contributed by atoms with Crippen LogP contribution >= 0.6 is 0 Å². The summed E-state index contributed by atoms with van der Waals surface area (Å²) in [7, 11) is 0. The van der Waals surface area contributed by atoms with Gasteiger partial charge in [0.05, 0.1) is 12.7 Å². The molecule has 0 saturated carbocycles. The molecule has 1 aromatic heterocycles. The predicted octanol–water partition coefficient (Wildman–Crippen LogP) is 0.535. The number of aromatic nitrogens is 3. The molecule has 0 fully saturated rings. The molecule has 20 heavy (non-hydrogen) atoms. The summed E-state index contributed by atoms with van der Waals surface area (Å²) < 4.78 is 1.46. The molecule has 2 rings (SSSR count). The van der Waals surface area contributed by atoms with Gasteiger partial charge in [-0.25, -0.2) is 4.68 Å². The van der Waals surface area contributed by atoms with Crippen LogP contribution in [-0.4, -0.2) is 27.4 Å². The van der Waals surface area contributed by atoms with Crippen LogP contribution in [0.15, 0.2) is 30.6 Å². The van der Waals surface area contributed by atoms with E-state index in [1.54, 1.807) is 6.20 Å². The van der Waals surface area contributed by atoms with Crippen molar-refractivity contribution in [2.24, 2.45) is 5.73 Å². The Bertz CT molecular complexity index is 652. The molecule has 0 radical (unpaired) electrons. The number of anilines is 1. The highest BCUT2D eigenvalue weighted by Crippen LogP contribution is 2.16. The SMILES string of the molecule is Cc1ccc(C#CCN)cc1NC(=O)Cn1ccnn1. The molecule has 6 heteroatoms. The number of nitrogens with two attached hydrogens (primary N) is 1. The quantitative estimate of drug-likeness (QED) is 0.796. The van der Waals surface area contributed by atoms with Crippen LogP contribution in [0.3, 0.4) is 0 Å². The summed E-state index contributed by atoms with van der Waals surface area (Å²) in [6.45, 7) is 2.35. The molecule has 1 heterocycles. The second kappa shape index (κ2) is 6.50. The molecule has 6 nitrogen and oxygen atoms in total. The molecule has 0 atom stereocenters. The minimum Gasteiger partial charge on any atom is -0.324 e. The molecular weight excluding hydrogens is 254 g/mol. The Kier molecular flexibility index (Phi) is 4.47. The number of amides is 1. The van der Waals surface area contributed by atoms with Gasteiger partial charge in [-0.1, -0.05) is 23.1 Å². The first-order valence-corrected chi connectivity index (χ1v) is 6.12. The number of benzene rings is 1. The number of carbonyl (C=O) groups excluding carboxylic acids is 1. The topological polar surface area (TPSA) is 85.8 Å². The number of hydrogen-bond acceptors (Lipinski definition) is 4. The Morgan fingerprint density at radius 1 is 1.50 bits per heavy atom. The Labute approximate surface area is 117 Å². The fourth-order valence-corrected chi connectivity index (χ4v) is 1.64. The maximum absolute atomic E-state index is 11.9. The van der Waals surface area contributed by atoms with E-state index in [0.29, 0.717) is 6.54 Å². The summed E-state index contributed by atoms with van der Waals surface area (Å²) in [6.07, 6.45) is 3.16. The van der Waals surface area contributed by atoms with E-state index in [1.165, 1.54) is 10.9 Å². The molecule has 0 aliphatic rings. The fourth-order valence-electron chi connectivity index (χ4n) is 1.64. The van der Waals surface area contributed by atoms with Gasteiger partial charge in [-0.2, -0.15) is 0 Å². The van der Waals surface area contributed by atoms with E-state index in [-0.39, 0.29) is 12.5 Å². The van der Waals surface area contributed by atoms with Crippen molar-refractivity contribution in [1.29, 1.82) is 0 Å². The second-order valence-corrected chi connectivity index (χ2v) is 4.18. The minimum atomic E-state index is -0.164.